The largest absolute Gasteiger partial charge is 0.479 e. The van der Waals surface area contributed by atoms with Crippen LogP contribution in [0.25, 0.3) is 0 Å². The van der Waals surface area contributed by atoms with E-state index in [-0.39, 0.29) is 12.5 Å². The number of ether oxygens (including phenoxy) is 2. The van der Waals surface area contributed by atoms with Crippen LogP contribution in [0.1, 0.15) is 49.5 Å². The summed E-state index contributed by atoms with van der Waals surface area (Å²) in [7, 11) is 0. The summed E-state index contributed by atoms with van der Waals surface area (Å²) in [5, 5.41) is 2.69. The number of carbonyl (C=O) groups excluding carboxylic acids is 4. The summed E-state index contributed by atoms with van der Waals surface area (Å²) < 4.78 is 65.9. The van der Waals surface area contributed by atoms with E-state index >= 15 is 0 Å². The highest BCUT2D eigenvalue weighted by Crippen LogP contribution is 2.26. The normalized spacial score (nSPS) is 14.2. The van der Waals surface area contributed by atoms with Crippen molar-refractivity contribution in [2.24, 2.45) is 0 Å². The van der Waals surface area contributed by atoms with Crippen LogP contribution in [0, 0.1) is 23.3 Å². The molecule has 2 amide bonds. The van der Waals surface area contributed by atoms with Gasteiger partial charge in [0.15, 0.2) is 29.4 Å². The quantitative estimate of drug-likeness (QED) is 0.186. The standard InChI is InChI=1S/C27H25ClF4N2O6/c1-4-20(34-8-7-14-5-6-15(28)9-16(14)27(34)38)26(37)33-19(11-22(36)40-13(2)3)21(35)12-39-25-23(31)17(29)10-18(30)24(25)32/h5-6,8-10,13,19-20H,4,7,11-12H2,1-3H3/p+1/t19?,20-/m0/s1. The second-order valence-corrected chi connectivity index (χ2v) is 9.62. The first kappa shape index (κ1) is 30.7. The first-order chi connectivity index (χ1) is 18.8. The van der Waals surface area contributed by atoms with Gasteiger partial charge >= 0.3 is 11.9 Å². The molecule has 0 aliphatic carbocycles. The highest BCUT2D eigenvalue weighted by Gasteiger charge is 2.39. The van der Waals surface area contributed by atoms with Gasteiger partial charge in [-0.25, -0.2) is 13.6 Å². The third kappa shape index (κ3) is 7.04. The van der Waals surface area contributed by atoms with E-state index in [9.17, 15) is 36.7 Å². The lowest BCUT2D eigenvalue weighted by Crippen LogP contribution is -2.52. The number of esters is 1. The summed E-state index contributed by atoms with van der Waals surface area (Å²) in [6.07, 6.45) is 0.686. The van der Waals surface area contributed by atoms with Crippen LogP contribution in [0.3, 0.4) is 0 Å². The molecule has 8 nitrogen and oxygen atoms in total. The first-order valence-electron chi connectivity index (χ1n) is 12.3. The Kier molecular flexibility index (Phi) is 10.0. The van der Waals surface area contributed by atoms with Gasteiger partial charge in [-0.1, -0.05) is 24.6 Å². The molecule has 1 aliphatic rings. The zero-order valence-corrected chi connectivity index (χ0v) is 22.5. The fourth-order valence-corrected chi connectivity index (χ4v) is 4.21. The van der Waals surface area contributed by atoms with Gasteiger partial charge in [-0.3, -0.25) is 14.4 Å². The molecule has 2 aromatic carbocycles. The number of carbonyl (C=O) groups is 4. The number of rotatable bonds is 11. The van der Waals surface area contributed by atoms with Crippen LogP contribution >= 0.6 is 11.6 Å². The van der Waals surface area contributed by atoms with Gasteiger partial charge in [-0.2, -0.15) is 13.4 Å². The summed E-state index contributed by atoms with van der Waals surface area (Å²) in [4.78, 5) is 51.7. The molecule has 1 heterocycles. The molecule has 0 aromatic heterocycles. The molecule has 0 saturated heterocycles. The summed E-state index contributed by atoms with van der Waals surface area (Å²) >= 11 is 6.02. The van der Waals surface area contributed by atoms with Gasteiger partial charge < -0.3 is 14.8 Å². The van der Waals surface area contributed by atoms with Crippen molar-refractivity contribution in [1.29, 1.82) is 0 Å². The Morgan fingerprint density at radius 1 is 1.07 bits per heavy atom. The highest BCUT2D eigenvalue weighted by atomic mass is 35.5. The lowest BCUT2D eigenvalue weighted by molar-refractivity contribution is -0.456. The van der Waals surface area contributed by atoms with E-state index in [0.717, 1.165) is 0 Å². The molecule has 0 fully saturated rings. The third-order valence-electron chi connectivity index (χ3n) is 5.94. The molecule has 1 aliphatic heterocycles. The number of nitrogens with zero attached hydrogens (tertiary/aromatic N) is 1. The highest BCUT2D eigenvalue weighted by molar-refractivity contribution is 6.31. The van der Waals surface area contributed by atoms with Gasteiger partial charge in [0, 0.05) is 17.5 Å². The van der Waals surface area contributed by atoms with Crippen molar-refractivity contribution in [1.82, 2.24) is 5.32 Å². The summed E-state index contributed by atoms with van der Waals surface area (Å²) in [6, 6.07) is 2.04. The minimum atomic E-state index is -1.86. The van der Waals surface area contributed by atoms with Crippen molar-refractivity contribution in [3.05, 3.63) is 63.7 Å². The van der Waals surface area contributed by atoms with Crippen molar-refractivity contribution >= 4 is 41.4 Å². The maximum absolute atomic E-state index is 14.0. The molecule has 0 radical (unpaired) electrons. The molecule has 3 rings (SSSR count). The Morgan fingerprint density at radius 3 is 2.33 bits per heavy atom. The molecule has 40 heavy (non-hydrogen) atoms. The van der Waals surface area contributed by atoms with Crippen LogP contribution in [0.15, 0.2) is 24.3 Å². The van der Waals surface area contributed by atoms with Crippen molar-refractivity contribution < 1.29 is 50.8 Å². The van der Waals surface area contributed by atoms with E-state index in [0.29, 0.717) is 22.6 Å². The number of nitrogens with one attached hydrogen (secondary N) is 1. The Morgan fingerprint density at radius 2 is 1.73 bits per heavy atom. The number of hydrogen-bond donors (Lipinski definition) is 1. The molecule has 214 valence electrons. The number of hydrogen-bond acceptors (Lipinski definition) is 6. The van der Waals surface area contributed by atoms with Gasteiger partial charge in [0.25, 0.3) is 5.91 Å². The zero-order valence-electron chi connectivity index (χ0n) is 21.7. The van der Waals surface area contributed by atoms with E-state index in [2.05, 4.69) is 5.32 Å². The van der Waals surface area contributed by atoms with E-state index < -0.39 is 83.8 Å². The Bertz CT molecular complexity index is 1360. The lowest BCUT2D eigenvalue weighted by atomic mass is 9.99. The minimum Gasteiger partial charge on any atom is -0.479 e. The summed E-state index contributed by atoms with van der Waals surface area (Å²) in [6.45, 7) is 3.56. The number of fused-ring (bicyclic) bond motifs is 1. The van der Waals surface area contributed by atoms with E-state index in [1.54, 1.807) is 32.9 Å². The fraction of sp³-hybridized carbons (Fsp3) is 0.370. The minimum absolute atomic E-state index is 0.0273. The average molecular weight is 586 g/mol. The Hall–Kier alpha value is -3.80. The van der Waals surface area contributed by atoms with Crippen LogP contribution in [-0.4, -0.2) is 59.2 Å². The SMILES string of the molecule is CC[C@@H](C(=O)NC(CC(=O)OC(C)C)C(=O)COc1c(F)c(F)cc(F)c1F)[N+]1=CCc2ccc(Cl)cc2C1=O. The number of benzene rings is 2. The van der Waals surface area contributed by atoms with Crippen LogP contribution in [0.2, 0.25) is 5.02 Å². The lowest BCUT2D eigenvalue weighted by Gasteiger charge is -2.21. The maximum Gasteiger partial charge on any atom is 0.420 e. The van der Waals surface area contributed by atoms with Crippen molar-refractivity contribution in [2.75, 3.05) is 6.61 Å². The molecular weight excluding hydrogens is 560 g/mol. The Labute approximate surface area is 231 Å². The second kappa shape index (κ2) is 13.0. The maximum atomic E-state index is 14.0. The zero-order chi connectivity index (χ0) is 29.7. The molecule has 1 N–H and O–H groups in total. The van der Waals surface area contributed by atoms with Crippen LogP contribution in [-0.2, 0) is 25.5 Å². The van der Waals surface area contributed by atoms with Crippen LogP contribution in [0.4, 0.5) is 17.6 Å². The van der Waals surface area contributed by atoms with Crippen molar-refractivity contribution in [3.8, 4) is 5.75 Å². The monoisotopic (exact) mass is 585 g/mol. The fourth-order valence-electron chi connectivity index (χ4n) is 4.03. The second-order valence-electron chi connectivity index (χ2n) is 9.18. The smallest absolute Gasteiger partial charge is 0.420 e. The molecule has 1 unspecified atom stereocenters. The third-order valence-corrected chi connectivity index (χ3v) is 6.18. The van der Waals surface area contributed by atoms with Gasteiger partial charge in [0.2, 0.25) is 17.7 Å². The topological polar surface area (TPSA) is 102 Å². The van der Waals surface area contributed by atoms with E-state index in [1.807, 2.05) is 0 Å². The van der Waals surface area contributed by atoms with Gasteiger partial charge in [-0.15, -0.1) is 0 Å². The van der Waals surface area contributed by atoms with Gasteiger partial charge in [0.05, 0.1) is 24.5 Å². The molecule has 13 heteroatoms. The molecule has 0 saturated carbocycles. The van der Waals surface area contributed by atoms with E-state index in [4.69, 9.17) is 21.1 Å². The Balaban J connectivity index is 1.82. The van der Waals surface area contributed by atoms with Crippen LogP contribution < -0.4 is 10.1 Å². The van der Waals surface area contributed by atoms with Crippen molar-refractivity contribution in [3.63, 3.8) is 0 Å². The van der Waals surface area contributed by atoms with Gasteiger partial charge in [0.1, 0.15) is 12.6 Å². The number of ketones is 1. The van der Waals surface area contributed by atoms with E-state index in [1.165, 1.54) is 16.9 Å². The molecule has 2 aromatic rings. The molecule has 0 bridgehead atoms. The summed E-state index contributed by atoms with van der Waals surface area (Å²) in [5.74, 6) is -12.0. The predicted octanol–water partition coefficient (Wildman–Crippen LogP) is 3.93. The first-order valence-corrected chi connectivity index (χ1v) is 12.6. The number of Topliss-reactive ketones (excluding diaryl/α,β-unsaturated/α-hetero) is 1. The molecule has 2 atom stereocenters. The van der Waals surface area contributed by atoms with Gasteiger partial charge in [-0.05, 0) is 31.5 Å². The van der Waals surface area contributed by atoms with Crippen LogP contribution in [0.5, 0.6) is 5.75 Å². The predicted molar refractivity (Wildman–Crippen MR) is 134 cm³/mol. The average Bonchev–Trinajstić information content (AvgIpc) is 2.88. The van der Waals surface area contributed by atoms with Crippen molar-refractivity contribution in [2.45, 2.75) is 58.2 Å². The number of halogens is 5. The molecule has 0 spiro atoms. The number of amides is 2. The summed E-state index contributed by atoms with van der Waals surface area (Å²) in [5.41, 5.74) is 1.00. The molecular formula is C27H26ClF4N2O6+.